The zero-order chi connectivity index (χ0) is 12.9. The van der Waals surface area contributed by atoms with E-state index in [9.17, 15) is 9.18 Å². The van der Waals surface area contributed by atoms with Crippen LogP contribution in [-0.4, -0.2) is 12.9 Å². The molecule has 4 heteroatoms. The molecule has 17 heavy (non-hydrogen) atoms. The van der Waals surface area contributed by atoms with E-state index in [1.807, 2.05) is 0 Å². The molecule has 0 saturated carbocycles. The van der Waals surface area contributed by atoms with E-state index in [4.69, 9.17) is 10.00 Å². The van der Waals surface area contributed by atoms with E-state index in [-0.39, 0.29) is 17.9 Å². The van der Waals surface area contributed by atoms with Gasteiger partial charge in [-0.1, -0.05) is 0 Å². The van der Waals surface area contributed by atoms with Crippen LogP contribution in [-0.2, 0) is 0 Å². The second kappa shape index (κ2) is 5.44. The molecular formula is C13H14FNO2. The SMILES string of the molecule is CC(C)(C#N)CCOc1ccc(C=O)cc1F. The standard InChI is InChI=1S/C13H14FNO2/c1-13(2,9-15)5-6-17-12-4-3-10(8-16)7-11(12)14/h3-4,7-8H,5-6H2,1-2H3. The highest BCUT2D eigenvalue weighted by Gasteiger charge is 2.16. The van der Waals surface area contributed by atoms with Gasteiger partial charge in [-0.05, 0) is 38.5 Å². The Morgan fingerprint density at radius 3 is 2.76 bits per heavy atom. The van der Waals surface area contributed by atoms with Gasteiger partial charge in [0.15, 0.2) is 11.6 Å². The second-order valence-corrected chi connectivity index (χ2v) is 4.40. The highest BCUT2D eigenvalue weighted by Crippen LogP contribution is 2.21. The Balaban J connectivity index is 2.59. The first-order chi connectivity index (χ1) is 7.98. The number of nitriles is 1. The monoisotopic (exact) mass is 235 g/mol. The van der Waals surface area contributed by atoms with Crippen molar-refractivity contribution in [2.24, 2.45) is 5.41 Å². The number of hydrogen-bond donors (Lipinski definition) is 0. The molecule has 1 aromatic rings. The summed E-state index contributed by atoms with van der Waals surface area (Å²) in [5, 5.41) is 8.80. The minimum absolute atomic E-state index is 0.101. The number of ether oxygens (including phenoxy) is 1. The van der Waals surface area contributed by atoms with Gasteiger partial charge in [0, 0.05) is 5.56 Å². The molecule has 0 radical (unpaired) electrons. The molecule has 1 rings (SSSR count). The molecule has 0 unspecified atom stereocenters. The van der Waals surface area contributed by atoms with Crippen molar-refractivity contribution >= 4 is 6.29 Å². The molecule has 0 N–H and O–H groups in total. The largest absolute Gasteiger partial charge is 0.490 e. The average molecular weight is 235 g/mol. The molecule has 0 saturated heterocycles. The molecule has 0 fully saturated rings. The van der Waals surface area contributed by atoms with Crippen molar-refractivity contribution in [3.63, 3.8) is 0 Å². The minimum atomic E-state index is -0.565. The molecule has 0 atom stereocenters. The molecule has 0 heterocycles. The molecule has 0 aliphatic heterocycles. The highest BCUT2D eigenvalue weighted by molar-refractivity contribution is 5.74. The number of rotatable bonds is 5. The quantitative estimate of drug-likeness (QED) is 0.737. The normalized spacial score (nSPS) is 10.7. The Kier molecular flexibility index (Phi) is 4.22. The first-order valence-electron chi connectivity index (χ1n) is 5.27. The summed E-state index contributed by atoms with van der Waals surface area (Å²) in [7, 11) is 0. The molecule has 0 bridgehead atoms. The molecule has 0 aromatic heterocycles. The summed E-state index contributed by atoms with van der Waals surface area (Å²) in [5.41, 5.74) is -0.216. The lowest BCUT2D eigenvalue weighted by atomic mass is 9.92. The Morgan fingerprint density at radius 1 is 1.53 bits per heavy atom. The van der Waals surface area contributed by atoms with Crippen LogP contribution < -0.4 is 4.74 Å². The van der Waals surface area contributed by atoms with Gasteiger partial charge in [-0.15, -0.1) is 0 Å². The van der Waals surface area contributed by atoms with Crippen LogP contribution in [0.1, 0.15) is 30.6 Å². The third kappa shape index (κ3) is 3.87. The average Bonchev–Trinajstić information content (AvgIpc) is 2.31. The molecular weight excluding hydrogens is 221 g/mol. The van der Waals surface area contributed by atoms with Crippen molar-refractivity contribution in [2.75, 3.05) is 6.61 Å². The smallest absolute Gasteiger partial charge is 0.165 e. The van der Waals surface area contributed by atoms with Crippen LogP contribution in [0.2, 0.25) is 0 Å². The summed E-state index contributed by atoms with van der Waals surface area (Å²) >= 11 is 0. The molecule has 0 amide bonds. The lowest BCUT2D eigenvalue weighted by Crippen LogP contribution is -2.13. The van der Waals surface area contributed by atoms with E-state index in [1.54, 1.807) is 13.8 Å². The fourth-order valence-electron chi connectivity index (χ4n) is 1.18. The summed E-state index contributed by atoms with van der Waals surface area (Å²) in [6.45, 7) is 3.85. The molecule has 0 spiro atoms. The van der Waals surface area contributed by atoms with Crippen molar-refractivity contribution in [1.29, 1.82) is 5.26 Å². The molecule has 1 aromatic carbocycles. The number of halogens is 1. The van der Waals surface area contributed by atoms with Gasteiger partial charge in [0.25, 0.3) is 0 Å². The fourth-order valence-corrected chi connectivity index (χ4v) is 1.18. The van der Waals surface area contributed by atoms with E-state index in [0.29, 0.717) is 12.7 Å². The summed E-state index contributed by atoms with van der Waals surface area (Å²) in [5.74, 6) is -0.464. The summed E-state index contributed by atoms with van der Waals surface area (Å²) in [6, 6.07) is 6.17. The fraction of sp³-hybridized carbons (Fsp3) is 0.385. The lowest BCUT2D eigenvalue weighted by molar-refractivity contribution is 0.112. The Labute approximate surface area is 99.8 Å². The Morgan fingerprint density at radius 2 is 2.24 bits per heavy atom. The van der Waals surface area contributed by atoms with Crippen LogP contribution >= 0.6 is 0 Å². The summed E-state index contributed by atoms with van der Waals surface area (Å²) < 4.78 is 18.6. The number of nitrogens with zero attached hydrogens (tertiary/aromatic N) is 1. The number of carbonyl (C=O) groups is 1. The number of hydrogen-bond acceptors (Lipinski definition) is 3. The predicted molar refractivity (Wildman–Crippen MR) is 61.3 cm³/mol. The van der Waals surface area contributed by atoms with Gasteiger partial charge in [0.1, 0.15) is 6.29 Å². The Hall–Kier alpha value is -1.89. The van der Waals surface area contributed by atoms with Crippen molar-refractivity contribution in [3.8, 4) is 11.8 Å². The van der Waals surface area contributed by atoms with Crippen LogP contribution in [0.3, 0.4) is 0 Å². The van der Waals surface area contributed by atoms with Crippen LogP contribution in [0.25, 0.3) is 0 Å². The topological polar surface area (TPSA) is 50.1 Å². The van der Waals surface area contributed by atoms with Crippen molar-refractivity contribution in [1.82, 2.24) is 0 Å². The van der Waals surface area contributed by atoms with Gasteiger partial charge in [-0.2, -0.15) is 5.26 Å². The summed E-state index contributed by atoms with van der Waals surface area (Å²) in [4.78, 5) is 10.4. The number of carbonyl (C=O) groups excluding carboxylic acids is 1. The zero-order valence-electron chi connectivity index (χ0n) is 9.87. The molecule has 90 valence electrons. The van der Waals surface area contributed by atoms with Crippen molar-refractivity contribution in [2.45, 2.75) is 20.3 Å². The first kappa shape index (κ1) is 13.2. The maximum Gasteiger partial charge on any atom is 0.165 e. The van der Waals surface area contributed by atoms with E-state index in [1.165, 1.54) is 12.1 Å². The third-order valence-corrected chi connectivity index (χ3v) is 2.38. The van der Waals surface area contributed by atoms with E-state index < -0.39 is 11.2 Å². The van der Waals surface area contributed by atoms with Crippen LogP contribution in [0.5, 0.6) is 5.75 Å². The van der Waals surface area contributed by atoms with Gasteiger partial charge in [0.2, 0.25) is 0 Å². The van der Waals surface area contributed by atoms with Gasteiger partial charge < -0.3 is 4.74 Å². The van der Waals surface area contributed by atoms with Gasteiger partial charge in [-0.25, -0.2) is 4.39 Å². The zero-order valence-corrected chi connectivity index (χ0v) is 9.87. The number of benzene rings is 1. The van der Waals surface area contributed by atoms with Crippen LogP contribution in [0.4, 0.5) is 4.39 Å². The first-order valence-corrected chi connectivity index (χ1v) is 5.27. The van der Waals surface area contributed by atoms with Crippen molar-refractivity contribution in [3.05, 3.63) is 29.6 Å². The lowest BCUT2D eigenvalue weighted by Gasteiger charge is -2.15. The predicted octanol–water partition coefficient (Wildman–Crippen LogP) is 2.96. The van der Waals surface area contributed by atoms with Crippen LogP contribution in [0.15, 0.2) is 18.2 Å². The minimum Gasteiger partial charge on any atom is -0.490 e. The molecule has 0 aliphatic rings. The van der Waals surface area contributed by atoms with E-state index in [2.05, 4.69) is 6.07 Å². The van der Waals surface area contributed by atoms with Crippen molar-refractivity contribution < 1.29 is 13.9 Å². The highest BCUT2D eigenvalue weighted by atomic mass is 19.1. The van der Waals surface area contributed by atoms with Gasteiger partial charge in [0.05, 0.1) is 18.1 Å². The maximum atomic E-state index is 13.4. The van der Waals surface area contributed by atoms with Gasteiger partial charge >= 0.3 is 0 Å². The van der Waals surface area contributed by atoms with Crippen LogP contribution in [0, 0.1) is 22.6 Å². The van der Waals surface area contributed by atoms with E-state index >= 15 is 0 Å². The van der Waals surface area contributed by atoms with E-state index in [0.717, 1.165) is 6.07 Å². The summed E-state index contributed by atoms with van der Waals surface area (Å²) in [6.07, 6.45) is 1.09. The second-order valence-electron chi connectivity index (χ2n) is 4.40. The molecule has 3 nitrogen and oxygen atoms in total. The Bertz CT molecular complexity index is 449. The maximum absolute atomic E-state index is 13.4. The molecule has 0 aliphatic carbocycles. The number of aldehydes is 1. The van der Waals surface area contributed by atoms with Gasteiger partial charge in [-0.3, -0.25) is 4.79 Å². The third-order valence-electron chi connectivity index (χ3n) is 2.38.